The fourth-order valence-corrected chi connectivity index (χ4v) is 3.81. The van der Waals surface area contributed by atoms with Crippen LogP contribution in [0.25, 0.3) is 0 Å². The number of hydrogen-bond acceptors (Lipinski definition) is 2. The van der Waals surface area contributed by atoms with Crippen LogP contribution in [0.2, 0.25) is 0 Å². The van der Waals surface area contributed by atoms with Gasteiger partial charge in [-0.25, -0.2) is 0 Å². The van der Waals surface area contributed by atoms with E-state index in [2.05, 4.69) is 57.0 Å². The molecule has 1 saturated carbocycles. The first-order valence-corrected chi connectivity index (χ1v) is 7.95. The highest BCUT2D eigenvalue weighted by atomic mass is 15.2. The normalized spacial score (nSPS) is 30.7. The monoisotopic (exact) mass is 274 g/mol. The minimum Gasteiger partial charge on any atom is -0.329 e. The summed E-state index contributed by atoms with van der Waals surface area (Å²) in [5.41, 5.74) is 9.11. The fourth-order valence-electron chi connectivity index (χ4n) is 3.81. The van der Waals surface area contributed by atoms with Crippen molar-refractivity contribution in [1.29, 1.82) is 0 Å². The van der Waals surface area contributed by atoms with Crippen molar-refractivity contribution in [3.05, 3.63) is 35.4 Å². The van der Waals surface area contributed by atoms with Gasteiger partial charge in [0, 0.05) is 18.6 Å². The number of benzene rings is 1. The van der Waals surface area contributed by atoms with Gasteiger partial charge in [-0.05, 0) is 44.2 Å². The van der Waals surface area contributed by atoms with Gasteiger partial charge in [-0.15, -0.1) is 0 Å². The number of nitrogens with zero attached hydrogens (tertiary/aromatic N) is 1. The van der Waals surface area contributed by atoms with Gasteiger partial charge in [-0.2, -0.15) is 0 Å². The molecule has 0 aromatic heterocycles. The second-order valence-electron chi connectivity index (χ2n) is 6.94. The van der Waals surface area contributed by atoms with Crippen molar-refractivity contribution < 1.29 is 0 Å². The third kappa shape index (κ3) is 3.07. The minimum absolute atomic E-state index is 0.169. The topological polar surface area (TPSA) is 29.3 Å². The summed E-state index contributed by atoms with van der Waals surface area (Å²) in [5.74, 6) is 1.47. The fraction of sp³-hybridized carbons (Fsp3) is 0.667. The Morgan fingerprint density at radius 3 is 2.45 bits per heavy atom. The lowest BCUT2D eigenvalue weighted by atomic mass is 9.68. The first kappa shape index (κ1) is 15.5. The Morgan fingerprint density at radius 2 is 1.85 bits per heavy atom. The summed E-state index contributed by atoms with van der Waals surface area (Å²) in [5, 5.41) is 0. The van der Waals surface area contributed by atoms with Crippen molar-refractivity contribution in [1.82, 2.24) is 4.90 Å². The van der Waals surface area contributed by atoms with Crippen LogP contribution >= 0.6 is 0 Å². The Kier molecular flexibility index (Phi) is 4.87. The van der Waals surface area contributed by atoms with Gasteiger partial charge in [0.25, 0.3) is 0 Å². The summed E-state index contributed by atoms with van der Waals surface area (Å²) in [6, 6.07) is 8.89. The average Bonchev–Trinajstić information content (AvgIpc) is 2.44. The van der Waals surface area contributed by atoms with Gasteiger partial charge < -0.3 is 5.73 Å². The molecule has 0 spiro atoms. The van der Waals surface area contributed by atoms with E-state index in [-0.39, 0.29) is 5.54 Å². The summed E-state index contributed by atoms with van der Waals surface area (Å²) >= 11 is 0. The molecule has 2 rings (SSSR count). The number of hydrogen-bond donors (Lipinski definition) is 1. The lowest BCUT2D eigenvalue weighted by Crippen LogP contribution is -2.58. The Morgan fingerprint density at radius 1 is 1.20 bits per heavy atom. The molecule has 0 aliphatic heterocycles. The van der Waals surface area contributed by atoms with Crippen molar-refractivity contribution in [2.75, 3.05) is 13.6 Å². The van der Waals surface area contributed by atoms with Crippen LogP contribution < -0.4 is 5.73 Å². The zero-order valence-corrected chi connectivity index (χ0v) is 13.5. The molecule has 1 aliphatic carbocycles. The molecule has 1 aromatic rings. The molecule has 3 atom stereocenters. The third-order valence-corrected chi connectivity index (χ3v) is 5.37. The summed E-state index contributed by atoms with van der Waals surface area (Å²) in [6.07, 6.45) is 3.88. The van der Waals surface area contributed by atoms with Gasteiger partial charge in [-0.3, -0.25) is 4.90 Å². The number of likely N-dealkylation sites (N-methyl/N-ethyl adjacent to an activating group) is 1. The Hall–Kier alpha value is -0.860. The van der Waals surface area contributed by atoms with Crippen LogP contribution in [0.1, 0.15) is 44.2 Å². The largest absolute Gasteiger partial charge is 0.329 e. The van der Waals surface area contributed by atoms with Gasteiger partial charge in [0.1, 0.15) is 0 Å². The van der Waals surface area contributed by atoms with E-state index in [1.54, 1.807) is 0 Å². The summed E-state index contributed by atoms with van der Waals surface area (Å²) < 4.78 is 0. The molecule has 1 fully saturated rings. The van der Waals surface area contributed by atoms with E-state index in [4.69, 9.17) is 5.73 Å². The van der Waals surface area contributed by atoms with Gasteiger partial charge in [0.05, 0.1) is 0 Å². The third-order valence-electron chi connectivity index (χ3n) is 5.37. The van der Waals surface area contributed by atoms with E-state index in [9.17, 15) is 0 Å². The smallest absolute Gasteiger partial charge is 0.0360 e. The molecule has 112 valence electrons. The molecule has 20 heavy (non-hydrogen) atoms. The Bertz CT molecular complexity index is 426. The van der Waals surface area contributed by atoms with E-state index < -0.39 is 0 Å². The van der Waals surface area contributed by atoms with E-state index in [1.807, 2.05) is 0 Å². The van der Waals surface area contributed by atoms with Crippen molar-refractivity contribution in [3.8, 4) is 0 Å². The summed E-state index contributed by atoms with van der Waals surface area (Å²) in [6.45, 7) is 8.65. The second kappa shape index (κ2) is 6.28. The standard InChI is InChI=1S/C18H30N2/c1-14-6-9-17(10-7-14)12-20(4)18(13-19)11-15(2)5-8-16(18)3/h6-7,9-10,15-16H,5,8,11-13,19H2,1-4H3. The summed E-state index contributed by atoms with van der Waals surface area (Å²) in [7, 11) is 2.25. The number of nitrogens with two attached hydrogens (primary N) is 1. The Labute approximate surface area is 124 Å². The van der Waals surface area contributed by atoms with Gasteiger partial charge in [0.2, 0.25) is 0 Å². The molecule has 0 amide bonds. The van der Waals surface area contributed by atoms with Gasteiger partial charge in [-0.1, -0.05) is 50.1 Å². The zero-order chi connectivity index (χ0) is 14.8. The average molecular weight is 274 g/mol. The maximum atomic E-state index is 6.23. The van der Waals surface area contributed by atoms with E-state index in [0.29, 0.717) is 5.92 Å². The van der Waals surface area contributed by atoms with E-state index in [1.165, 1.54) is 30.4 Å². The lowest BCUT2D eigenvalue weighted by Gasteiger charge is -2.50. The predicted octanol–water partition coefficient (Wildman–Crippen LogP) is 3.58. The van der Waals surface area contributed by atoms with E-state index >= 15 is 0 Å². The molecule has 3 unspecified atom stereocenters. The number of rotatable bonds is 4. The molecular formula is C18H30N2. The Balaban J connectivity index is 2.15. The highest BCUT2D eigenvalue weighted by Crippen LogP contribution is 2.40. The van der Waals surface area contributed by atoms with Crippen molar-refractivity contribution in [2.24, 2.45) is 17.6 Å². The highest BCUT2D eigenvalue weighted by molar-refractivity contribution is 5.21. The SMILES string of the molecule is Cc1ccc(CN(C)C2(CN)CC(C)CCC2C)cc1. The maximum absolute atomic E-state index is 6.23. The van der Waals surface area contributed by atoms with Crippen molar-refractivity contribution in [3.63, 3.8) is 0 Å². The molecule has 0 heterocycles. The van der Waals surface area contributed by atoms with Crippen LogP contribution in [0.3, 0.4) is 0 Å². The molecule has 1 aromatic carbocycles. The molecule has 2 heteroatoms. The molecule has 0 saturated heterocycles. The van der Waals surface area contributed by atoms with Crippen LogP contribution in [0.5, 0.6) is 0 Å². The van der Waals surface area contributed by atoms with Crippen LogP contribution in [0.4, 0.5) is 0 Å². The number of aryl methyl sites for hydroxylation is 1. The van der Waals surface area contributed by atoms with Crippen molar-refractivity contribution in [2.45, 2.75) is 52.1 Å². The lowest BCUT2D eigenvalue weighted by molar-refractivity contribution is 0.00904. The second-order valence-corrected chi connectivity index (χ2v) is 6.94. The van der Waals surface area contributed by atoms with Crippen LogP contribution in [-0.4, -0.2) is 24.0 Å². The molecule has 2 nitrogen and oxygen atoms in total. The van der Waals surface area contributed by atoms with Gasteiger partial charge in [0.15, 0.2) is 0 Å². The molecule has 2 N–H and O–H groups in total. The molecule has 0 bridgehead atoms. The maximum Gasteiger partial charge on any atom is 0.0360 e. The molecule has 0 radical (unpaired) electrons. The van der Waals surface area contributed by atoms with Crippen LogP contribution in [0.15, 0.2) is 24.3 Å². The molecular weight excluding hydrogens is 244 g/mol. The highest BCUT2D eigenvalue weighted by Gasteiger charge is 2.42. The van der Waals surface area contributed by atoms with E-state index in [0.717, 1.165) is 19.0 Å². The van der Waals surface area contributed by atoms with Crippen molar-refractivity contribution >= 4 is 0 Å². The van der Waals surface area contributed by atoms with Gasteiger partial charge >= 0.3 is 0 Å². The quantitative estimate of drug-likeness (QED) is 0.909. The predicted molar refractivity (Wildman–Crippen MR) is 86.6 cm³/mol. The summed E-state index contributed by atoms with van der Waals surface area (Å²) in [4.78, 5) is 2.51. The van der Waals surface area contributed by atoms with Crippen LogP contribution in [0, 0.1) is 18.8 Å². The first-order chi connectivity index (χ1) is 9.48. The first-order valence-electron chi connectivity index (χ1n) is 7.95. The molecule has 1 aliphatic rings. The minimum atomic E-state index is 0.169. The zero-order valence-electron chi connectivity index (χ0n) is 13.5. The van der Waals surface area contributed by atoms with Crippen LogP contribution in [-0.2, 0) is 6.54 Å².